The molecule has 0 aromatic rings. The lowest BCUT2D eigenvalue weighted by Crippen LogP contribution is -2.43. The van der Waals surface area contributed by atoms with Crippen LogP contribution in [0.3, 0.4) is 0 Å². The third-order valence-corrected chi connectivity index (χ3v) is 2.95. The van der Waals surface area contributed by atoms with Gasteiger partial charge >= 0.3 is 5.97 Å². The van der Waals surface area contributed by atoms with Crippen molar-refractivity contribution in [2.45, 2.75) is 31.1 Å². The van der Waals surface area contributed by atoms with Crippen molar-refractivity contribution < 1.29 is 19.2 Å². The minimum atomic E-state index is -0.916. The van der Waals surface area contributed by atoms with Gasteiger partial charge in [-0.05, 0) is 12.8 Å². The Morgan fingerprint density at radius 2 is 2.14 bits per heavy atom. The smallest absolute Gasteiger partial charge is 0.318 e. The number of rotatable bonds is 2. The summed E-state index contributed by atoms with van der Waals surface area (Å²) in [7, 11) is 1.24. The number of hydrogen-bond donors (Lipinski definition) is 0. The fourth-order valence-corrected chi connectivity index (χ4v) is 2.35. The molecule has 2 heterocycles. The van der Waals surface area contributed by atoms with E-state index in [1.807, 2.05) is 0 Å². The number of carbonyl (C=O) groups is 1. The van der Waals surface area contributed by atoms with Crippen molar-refractivity contribution in [3.8, 4) is 0 Å². The van der Waals surface area contributed by atoms with E-state index in [4.69, 9.17) is 4.74 Å². The number of nitrogens with zero attached hydrogens (tertiary/aromatic N) is 1. The molecule has 0 saturated carbocycles. The van der Waals surface area contributed by atoms with Crippen LogP contribution in [0.2, 0.25) is 0 Å². The molecule has 2 fully saturated rings. The Morgan fingerprint density at radius 1 is 1.50 bits per heavy atom. The van der Waals surface area contributed by atoms with Gasteiger partial charge in [-0.3, -0.25) is 14.9 Å². The van der Waals surface area contributed by atoms with Crippen molar-refractivity contribution in [3.05, 3.63) is 10.1 Å². The van der Waals surface area contributed by atoms with Crippen molar-refractivity contribution in [1.82, 2.24) is 0 Å². The second kappa shape index (κ2) is 3.20. The summed E-state index contributed by atoms with van der Waals surface area (Å²) in [4.78, 5) is 21.6. The van der Waals surface area contributed by atoms with Crippen LogP contribution in [0.15, 0.2) is 0 Å². The Hall–Kier alpha value is -1.17. The second-order valence-electron chi connectivity index (χ2n) is 3.62. The minimum Gasteiger partial charge on any atom is -0.469 e. The van der Waals surface area contributed by atoms with Crippen molar-refractivity contribution >= 4 is 5.97 Å². The number of nitro groups is 1. The van der Waals surface area contributed by atoms with E-state index in [-0.39, 0.29) is 6.10 Å². The standard InChI is InChI=1S/C8H11NO5/c1-13-8(10)6-4-2-3-5(14-4)7(6)9(11)12/h4-7H,2-3H2,1H3. The highest BCUT2D eigenvalue weighted by Gasteiger charge is 2.59. The number of hydrogen-bond acceptors (Lipinski definition) is 5. The largest absolute Gasteiger partial charge is 0.469 e. The lowest BCUT2D eigenvalue weighted by Gasteiger charge is -2.19. The first-order valence-corrected chi connectivity index (χ1v) is 4.52. The van der Waals surface area contributed by atoms with Gasteiger partial charge in [0.15, 0.2) is 5.92 Å². The van der Waals surface area contributed by atoms with Gasteiger partial charge in [0.2, 0.25) is 0 Å². The second-order valence-corrected chi connectivity index (χ2v) is 3.62. The van der Waals surface area contributed by atoms with Crippen molar-refractivity contribution in [1.29, 1.82) is 0 Å². The Bertz CT molecular complexity index is 279. The van der Waals surface area contributed by atoms with E-state index in [1.54, 1.807) is 0 Å². The number of esters is 1. The SMILES string of the molecule is COC(=O)C1C2CCC(O2)C1[N+](=O)[O-]. The van der Waals surface area contributed by atoms with E-state index < -0.39 is 29.0 Å². The van der Waals surface area contributed by atoms with Crippen LogP contribution >= 0.6 is 0 Å². The zero-order valence-corrected chi connectivity index (χ0v) is 7.71. The molecule has 0 aromatic heterocycles. The molecule has 14 heavy (non-hydrogen) atoms. The normalized spacial score (nSPS) is 39.8. The lowest BCUT2D eigenvalue weighted by atomic mass is 9.85. The summed E-state index contributed by atoms with van der Waals surface area (Å²) in [6.07, 6.45) is 0.667. The van der Waals surface area contributed by atoms with Gasteiger partial charge in [0.25, 0.3) is 6.04 Å². The number of ether oxygens (including phenoxy) is 2. The van der Waals surface area contributed by atoms with Gasteiger partial charge in [0.05, 0.1) is 13.2 Å². The Labute approximate surface area is 80.3 Å². The van der Waals surface area contributed by atoms with E-state index in [1.165, 1.54) is 7.11 Å². The molecule has 2 bridgehead atoms. The highest BCUT2D eigenvalue weighted by Crippen LogP contribution is 2.40. The summed E-state index contributed by atoms with van der Waals surface area (Å²) < 4.78 is 9.88. The molecule has 2 aliphatic rings. The summed E-state index contributed by atoms with van der Waals surface area (Å²) in [6, 6.07) is -0.916. The van der Waals surface area contributed by atoms with Crippen LogP contribution in [0.25, 0.3) is 0 Å². The number of carbonyl (C=O) groups excluding carboxylic acids is 1. The van der Waals surface area contributed by atoms with Crippen molar-refractivity contribution in [2.75, 3.05) is 7.11 Å². The predicted octanol–water partition coefficient (Wildman–Crippen LogP) is -0.0179. The molecule has 4 atom stereocenters. The molecule has 0 spiro atoms. The predicted molar refractivity (Wildman–Crippen MR) is 44.2 cm³/mol. The molecule has 2 aliphatic heterocycles. The molecule has 4 unspecified atom stereocenters. The summed E-state index contributed by atoms with van der Waals surface area (Å²) >= 11 is 0. The zero-order chi connectivity index (χ0) is 10.3. The molecule has 0 amide bonds. The molecule has 2 rings (SSSR count). The maximum atomic E-state index is 11.3. The first kappa shape index (κ1) is 9.39. The van der Waals surface area contributed by atoms with Crippen LogP contribution in [-0.2, 0) is 14.3 Å². The topological polar surface area (TPSA) is 78.7 Å². The first-order chi connectivity index (χ1) is 6.65. The van der Waals surface area contributed by atoms with Crippen LogP contribution in [-0.4, -0.2) is 36.3 Å². The maximum Gasteiger partial charge on any atom is 0.318 e. The number of fused-ring (bicyclic) bond motifs is 2. The highest BCUT2D eigenvalue weighted by molar-refractivity contribution is 5.74. The Morgan fingerprint density at radius 3 is 2.71 bits per heavy atom. The first-order valence-electron chi connectivity index (χ1n) is 4.52. The van der Waals surface area contributed by atoms with E-state index in [2.05, 4.69) is 4.74 Å². The summed E-state index contributed by atoms with van der Waals surface area (Å²) in [5, 5.41) is 10.7. The van der Waals surface area contributed by atoms with Crippen LogP contribution in [0.4, 0.5) is 0 Å². The van der Waals surface area contributed by atoms with Gasteiger partial charge in [0, 0.05) is 4.92 Å². The number of methoxy groups -OCH3 is 1. The quantitative estimate of drug-likeness (QED) is 0.356. The van der Waals surface area contributed by atoms with Gasteiger partial charge in [0.1, 0.15) is 6.10 Å². The minimum absolute atomic E-state index is 0.317. The third kappa shape index (κ3) is 1.18. The van der Waals surface area contributed by atoms with Gasteiger partial charge in [-0.1, -0.05) is 0 Å². The van der Waals surface area contributed by atoms with E-state index in [0.717, 1.165) is 6.42 Å². The summed E-state index contributed by atoms with van der Waals surface area (Å²) in [5.74, 6) is -1.24. The third-order valence-electron chi connectivity index (χ3n) is 2.95. The molecular weight excluding hydrogens is 190 g/mol. The van der Waals surface area contributed by atoms with Crippen LogP contribution < -0.4 is 0 Å². The van der Waals surface area contributed by atoms with Gasteiger partial charge in [-0.15, -0.1) is 0 Å². The van der Waals surface area contributed by atoms with E-state index in [0.29, 0.717) is 6.42 Å². The monoisotopic (exact) mass is 201 g/mol. The highest BCUT2D eigenvalue weighted by atomic mass is 16.6. The summed E-state index contributed by atoms with van der Waals surface area (Å²) in [5.41, 5.74) is 0. The molecule has 6 nitrogen and oxygen atoms in total. The van der Waals surface area contributed by atoms with E-state index >= 15 is 0 Å². The molecule has 0 aliphatic carbocycles. The van der Waals surface area contributed by atoms with Crippen molar-refractivity contribution in [3.63, 3.8) is 0 Å². The summed E-state index contributed by atoms with van der Waals surface area (Å²) in [6.45, 7) is 0. The molecular formula is C8H11NO5. The lowest BCUT2D eigenvalue weighted by molar-refractivity contribution is -0.533. The average molecular weight is 201 g/mol. The van der Waals surface area contributed by atoms with Gasteiger partial charge in [-0.2, -0.15) is 0 Å². The molecule has 0 aromatic carbocycles. The van der Waals surface area contributed by atoms with Crippen LogP contribution in [0, 0.1) is 16.0 Å². The average Bonchev–Trinajstić information content (AvgIpc) is 2.74. The fraction of sp³-hybridized carbons (Fsp3) is 0.875. The van der Waals surface area contributed by atoms with Crippen molar-refractivity contribution in [2.24, 2.45) is 5.92 Å². The Balaban J connectivity index is 2.21. The molecule has 6 heteroatoms. The van der Waals surface area contributed by atoms with Crippen LogP contribution in [0.1, 0.15) is 12.8 Å². The van der Waals surface area contributed by atoms with E-state index in [9.17, 15) is 14.9 Å². The molecule has 2 saturated heterocycles. The van der Waals surface area contributed by atoms with Gasteiger partial charge < -0.3 is 9.47 Å². The van der Waals surface area contributed by atoms with Crippen LogP contribution in [0.5, 0.6) is 0 Å². The Kier molecular flexibility index (Phi) is 2.14. The van der Waals surface area contributed by atoms with Gasteiger partial charge in [-0.25, -0.2) is 0 Å². The maximum absolute atomic E-state index is 11.3. The molecule has 78 valence electrons. The fourth-order valence-electron chi connectivity index (χ4n) is 2.35. The molecule has 0 N–H and O–H groups in total. The zero-order valence-electron chi connectivity index (χ0n) is 7.71. The molecule has 0 radical (unpaired) electrons.